The summed E-state index contributed by atoms with van der Waals surface area (Å²) in [5.74, 6) is -0.320. The van der Waals surface area contributed by atoms with E-state index in [1.165, 1.54) is 0 Å². The molecule has 2 N–H and O–H groups in total. The van der Waals surface area contributed by atoms with Crippen LogP contribution in [0.2, 0.25) is 5.02 Å². The molecule has 0 radical (unpaired) electrons. The standard InChI is InChI=1S/C22H22ClN3O2/c1-3-4-8-20(27)25-18-12-10-16(13-14(18)2)24-22(28)19-11-9-15-6-5-7-17(23)21(15)26-19/h5-7,9-13H,3-4,8H2,1-2H3,(H,24,28)(H,25,27). The number of nitrogens with one attached hydrogen (secondary N) is 2. The number of nitrogens with zero attached hydrogens (tertiary/aromatic N) is 1. The van der Waals surface area contributed by atoms with Crippen LogP contribution in [-0.4, -0.2) is 16.8 Å². The molecule has 0 aliphatic rings. The lowest BCUT2D eigenvalue weighted by atomic mass is 10.1. The number of para-hydroxylation sites is 1. The molecule has 3 rings (SSSR count). The fourth-order valence-electron chi connectivity index (χ4n) is 2.86. The number of aryl methyl sites for hydroxylation is 1. The molecule has 0 spiro atoms. The second kappa shape index (κ2) is 8.85. The topological polar surface area (TPSA) is 71.1 Å². The van der Waals surface area contributed by atoms with Gasteiger partial charge in [0.05, 0.1) is 10.5 Å². The number of hydrogen-bond acceptors (Lipinski definition) is 3. The van der Waals surface area contributed by atoms with Gasteiger partial charge in [-0.1, -0.05) is 43.1 Å². The van der Waals surface area contributed by atoms with Crippen molar-refractivity contribution in [1.82, 2.24) is 4.98 Å². The van der Waals surface area contributed by atoms with Crippen molar-refractivity contribution < 1.29 is 9.59 Å². The summed E-state index contributed by atoms with van der Waals surface area (Å²) < 4.78 is 0. The summed E-state index contributed by atoms with van der Waals surface area (Å²) in [4.78, 5) is 28.9. The predicted molar refractivity (Wildman–Crippen MR) is 114 cm³/mol. The molecule has 0 saturated carbocycles. The Labute approximate surface area is 169 Å². The molecular formula is C22H22ClN3O2. The van der Waals surface area contributed by atoms with Gasteiger partial charge in [0.25, 0.3) is 5.91 Å². The maximum absolute atomic E-state index is 12.6. The molecule has 0 atom stereocenters. The molecule has 0 aliphatic heterocycles. The van der Waals surface area contributed by atoms with Gasteiger partial charge in [0.2, 0.25) is 5.91 Å². The predicted octanol–water partition coefficient (Wildman–Crippen LogP) is 5.58. The van der Waals surface area contributed by atoms with Crippen molar-refractivity contribution in [2.24, 2.45) is 0 Å². The normalized spacial score (nSPS) is 10.7. The Morgan fingerprint density at radius 1 is 1.07 bits per heavy atom. The highest BCUT2D eigenvalue weighted by Gasteiger charge is 2.11. The molecule has 0 unspecified atom stereocenters. The van der Waals surface area contributed by atoms with Gasteiger partial charge >= 0.3 is 0 Å². The van der Waals surface area contributed by atoms with Crippen molar-refractivity contribution in [2.45, 2.75) is 33.1 Å². The molecule has 0 bridgehead atoms. The average Bonchev–Trinajstić information content (AvgIpc) is 2.68. The Balaban J connectivity index is 1.73. The number of rotatable bonds is 6. The largest absolute Gasteiger partial charge is 0.326 e. The van der Waals surface area contributed by atoms with E-state index < -0.39 is 0 Å². The highest BCUT2D eigenvalue weighted by molar-refractivity contribution is 6.35. The second-order valence-corrected chi connectivity index (χ2v) is 7.05. The van der Waals surface area contributed by atoms with E-state index in [9.17, 15) is 9.59 Å². The lowest BCUT2D eigenvalue weighted by Crippen LogP contribution is -2.15. The third-order valence-electron chi connectivity index (χ3n) is 4.42. The van der Waals surface area contributed by atoms with E-state index in [0.29, 0.717) is 22.6 Å². The minimum absolute atomic E-state index is 0.000946. The monoisotopic (exact) mass is 395 g/mol. The first-order valence-electron chi connectivity index (χ1n) is 9.25. The van der Waals surface area contributed by atoms with E-state index in [4.69, 9.17) is 11.6 Å². The van der Waals surface area contributed by atoms with Crippen LogP contribution < -0.4 is 10.6 Å². The summed E-state index contributed by atoms with van der Waals surface area (Å²) in [5, 5.41) is 7.13. The number of unbranched alkanes of at least 4 members (excludes halogenated alkanes) is 1. The van der Waals surface area contributed by atoms with Crippen molar-refractivity contribution in [1.29, 1.82) is 0 Å². The highest BCUT2D eigenvalue weighted by Crippen LogP contribution is 2.23. The van der Waals surface area contributed by atoms with E-state index in [2.05, 4.69) is 15.6 Å². The number of pyridine rings is 1. The Bertz CT molecular complexity index is 1030. The summed E-state index contributed by atoms with van der Waals surface area (Å²) in [7, 11) is 0. The van der Waals surface area contributed by atoms with Crippen LogP contribution in [0.15, 0.2) is 48.5 Å². The Hall–Kier alpha value is -2.92. The minimum atomic E-state index is -0.319. The summed E-state index contributed by atoms with van der Waals surface area (Å²) >= 11 is 6.18. The van der Waals surface area contributed by atoms with Gasteiger partial charge in [-0.3, -0.25) is 9.59 Å². The average molecular weight is 396 g/mol. The molecule has 3 aromatic rings. The SMILES string of the molecule is CCCCC(=O)Nc1ccc(NC(=O)c2ccc3cccc(Cl)c3n2)cc1C. The maximum Gasteiger partial charge on any atom is 0.274 e. The first-order chi connectivity index (χ1) is 13.5. The molecule has 6 heteroatoms. The van der Waals surface area contributed by atoms with E-state index in [1.807, 2.05) is 38.1 Å². The zero-order chi connectivity index (χ0) is 20.1. The van der Waals surface area contributed by atoms with Gasteiger partial charge in [-0.05, 0) is 49.2 Å². The summed E-state index contributed by atoms with van der Waals surface area (Å²) in [6.07, 6.45) is 2.35. The smallest absolute Gasteiger partial charge is 0.274 e. The number of aromatic nitrogens is 1. The molecule has 0 aliphatic carbocycles. The number of halogens is 1. The van der Waals surface area contributed by atoms with Crippen LogP contribution in [0.4, 0.5) is 11.4 Å². The summed E-state index contributed by atoms with van der Waals surface area (Å²) in [6.45, 7) is 3.94. The number of anilines is 2. The lowest BCUT2D eigenvalue weighted by Gasteiger charge is -2.11. The number of amides is 2. The number of carbonyl (C=O) groups excluding carboxylic acids is 2. The van der Waals surface area contributed by atoms with Gasteiger partial charge in [-0.25, -0.2) is 4.98 Å². The summed E-state index contributed by atoms with van der Waals surface area (Å²) in [6, 6.07) is 14.3. The molecule has 1 heterocycles. The first kappa shape index (κ1) is 19.8. The van der Waals surface area contributed by atoms with Crippen molar-refractivity contribution >= 4 is 45.7 Å². The van der Waals surface area contributed by atoms with Crippen LogP contribution >= 0.6 is 11.6 Å². The molecule has 2 aromatic carbocycles. The number of fused-ring (bicyclic) bond motifs is 1. The molecule has 0 fully saturated rings. The third kappa shape index (κ3) is 4.67. The quantitative estimate of drug-likeness (QED) is 0.572. The van der Waals surface area contributed by atoms with Gasteiger partial charge in [-0.15, -0.1) is 0 Å². The van der Waals surface area contributed by atoms with Gasteiger partial charge in [0, 0.05) is 23.2 Å². The van der Waals surface area contributed by atoms with Crippen molar-refractivity contribution in [3.63, 3.8) is 0 Å². The zero-order valence-corrected chi connectivity index (χ0v) is 16.6. The highest BCUT2D eigenvalue weighted by atomic mass is 35.5. The lowest BCUT2D eigenvalue weighted by molar-refractivity contribution is -0.116. The number of carbonyl (C=O) groups is 2. The van der Waals surface area contributed by atoms with E-state index in [1.54, 1.807) is 24.3 Å². The van der Waals surface area contributed by atoms with Crippen LogP contribution in [0.1, 0.15) is 42.2 Å². The number of hydrogen-bond donors (Lipinski definition) is 2. The molecule has 0 saturated heterocycles. The van der Waals surface area contributed by atoms with E-state index in [0.717, 1.165) is 29.5 Å². The molecule has 2 amide bonds. The fourth-order valence-corrected chi connectivity index (χ4v) is 3.09. The summed E-state index contributed by atoms with van der Waals surface area (Å²) in [5.41, 5.74) is 3.13. The minimum Gasteiger partial charge on any atom is -0.326 e. The van der Waals surface area contributed by atoms with Crippen LogP contribution in [-0.2, 0) is 4.79 Å². The van der Waals surface area contributed by atoms with Crippen LogP contribution in [0.5, 0.6) is 0 Å². The second-order valence-electron chi connectivity index (χ2n) is 6.64. The van der Waals surface area contributed by atoms with E-state index >= 15 is 0 Å². The fraction of sp³-hybridized carbons (Fsp3) is 0.227. The molecule has 1 aromatic heterocycles. The van der Waals surface area contributed by atoms with Crippen molar-refractivity contribution in [2.75, 3.05) is 10.6 Å². The van der Waals surface area contributed by atoms with Gasteiger partial charge in [0.15, 0.2) is 0 Å². The van der Waals surface area contributed by atoms with Gasteiger partial charge in [0.1, 0.15) is 5.69 Å². The first-order valence-corrected chi connectivity index (χ1v) is 9.63. The van der Waals surface area contributed by atoms with Crippen molar-refractivity contribution in [3.8, 4) is 0 Å². The van der Waals surface area contributed by atoms with Crippen molar-refractivity contribution in [3.05, 3.63) is 64.8 Å². The third-order valence-corrected chi connectivity index (χ3v) is 4.72. The molecular weight excluding hydrogens is 374 g/mol. The van der Waals surface area contributed by atoms with E-state index in [-0.39, 0.29) is 17.5 Å². The zero-order valence-electron chi connectivity index (χ0n) is 15.9. The number of benzene rings is 2. The Kier molecular flexibility index (Phi) is 6.26. The van der Waals surface area contributed by atoms with Crippen LogP contribution in [0, 0.1) is 6.92 Å². The molecule has 5 nitrogen and oxygen atoms in total. The van der Waals surface area contributed by atoms with Crippen LogP contribution in [0.25, 0.3) is 10.9 Å². The molecule has 28 heavy (non-hydrogen) atoms. The van der Waals surface area contributed by atoms with Crippen LogP contribution in [0.3, 0.4) is 0 Å². The van der Waals surface area contributed by atoms with Gasteiger partial charge in [-0.2, -0.15) is 0 Å². The maximum atomic E-state index is 12.6. The molecule has 144 valence electrons. The van der Waals surface area contributed by atoms with Gasteiger partial charge < -0.3 is 10.6 Å². The Morgan fingerprint density at radius 2 is 1.89 bits per heavy atom. The Morgan fingerprint density at radius 3 is 2.64 bits per heavy atom.